The molecular formula is C11H10F3N3O. The molecule has 1 heterocycles. The van der Waals surface area contributed by atoms with Crippen LogP contribution in [0.1, 0.15) is 5.56 Å². The largest absolute Gasteiger partial charge is 0.416 e. The van der Waals surface area contributed by atoms with Gasteiger partial charge in [0.15, 0.2) is 0 Å². The summed E-state index contributed by atoms with van der Waals surface area (Å²) in [6.45, 7) is 0.200. The zero-order valence-corrected chi connectivity index (χ0v) is 9.16. The van der Waals surface area contributed by atoms with Crippen molar-refractivity contribution in [3.8, 4) is 0 Å². The van der Waals surface area contributed by atoms with E-state index in [0.717, 1.165) is 12.1 Å². The Morgan fingerprint density at radius 2 is 2.11 bits per heavy atom. The van der Waals surface area contributed by atoms with Crippen molar-refractivity contribution in [3.63, 3.8) is 0 Å². The lowest BCUT2D eigenvalue weighted by molar-refractivity contribution is -0.137. The van der Waals surface area contributed by atoms with Crippen molar-refractivity contribution in [1.29, 1.82) is 0 Å². The molecule has 0 fully saturated rings. The van der Waals surface area contributed by atoms with Crippen LogP contribution in [0.15, 0.2) is 36.0 Å². The van der Waals surface area contributed by atoms with Gasteiger partial charge in [0.2, 0.25) is 5.91 Å². The Labute approximate surface area is 101 Å². The lowest BCUT2D eigenvalue weighted by Gasteiger charge is -2.17. The molecule has 0 aromatic heterocycles. The number of anilines is 1. The van der Waals surface area contributed by atoms with Crippen molar-refractivity contribution in [3.05, 3.63) is 41.6 Å². The van der Waals surface area contributed by atoms with Crippen LogP contribution in [-0.4, -0.2) is 12.5 Å². The highest BCUT2D eigenvalue weighted by molar-refractivity contribution is 5.93. The first-order chi connectivity index (χ1) is 8.38. The Balaban J connectivity index is 2.28. The van der Waals surface area contributed by atoms with Gasteiger partial charge in [0, 0.05) is 12.7 Å². The summed E-state index contributed by atoms with van der Waals surface area (Å²) in [5.41, 5.74) is 7.70. The van der Waals surface area contributed by atoms with Crippen LogP contribution < -0.4 is 16.2 Å². The molecule has 0 radical (unpaired) electrons. The summed E-state index contributed by atoms with van der Waals surface area (Å²) >= 11 is 0. The monoisotopic (exact) mass is 257 g/mol. The second-order valence-corrected chi connectivity index (χ2v) is 3.77. The molecule has 1 aliphatic rings. The van der Waals surface area contributed by atoms with E-state index in [0.29, 0.717) is 11.3 Å². The van der Waals surface area contributed by atoms with E-state index in [1.54, 1.807) is 0 Å². The Hall–Kier alpha value is -2.02. The SMILES string of the molecule is NC(=O)C1=CN(c2cccc(C(F)(F)F)c2)NC1. The molecule has 7 heteroatoms. The fourth-order valence-electron chi connectivity index (χ4n) is 1.57. The first-order valence-corrected chi connectivity index (χ1v) is 5.08. The minimum Gasteiger partial charge on any atom is -0.366 e. The first kappa shape index (κ1) is 12.4. The Morgan fingerprint density at radius 1 is 1.39 bits per heavy atom. The third kappa shape index (κ3) is 2.45. The maximum absolute atomic E-state index is 12.5. The van der Waals surface area contributed by atoms with E-state index in [2.05, 4.69) is 5.43 Å². The molecule has 18 heavy (non-hydrogen) atoms. The van der Waals surface area contributed by atoms with Crippen LogP contribution in [0.3, 0.4) is 0 Å². The Bertz CT molecular complexity index is 511. The smallest absolute Gasteiger partial charge is 0.366 e. The molecule has 1 aromatic carbocycles. The highest BCUT2D eigenvalue weighted by Gasteiger charge is 2.31. The fourth-order valence-corrected chi connectivity index (χ4v) is 1.57. The van der Waals surface area contributed by atoms with Crippen LogP contribution >= 0.6 is 0 Å². The number of carbonyl (C=O) groups excluding carboxylic acids is 1. The number of nitrogens with two attached hydrogens (primary N) is 1. The second kappa shape index (κ2) is 4.34. The number of amides is 1. The molecule has 0 saturated heterocycles. The number of primary amides is 1. The third-order valence-electron chi connectivity index (χ3n) is 2.49. The molecule has 0 atom stereocenters. The van der Waals surface area contributed by atoms with E-state index >= 15 is 0 Å². The summed E-state index contributed by atoms with van der Waals surface area (Å²) < 4.78 is 37.6. The molecule has 0 saturated carbocycles. The molecule has 0 unspecified atom stereocenters. The van der Waals surface area contributed by atoms with Gasteiger partial charge in [-0.05, 0) is 18.2 Å². The number of halogens is 3. The minimum absolute atomic E-state index is 0.200. The number of nitrogens with one attached hydrogen (secondary N) is 1. The number of hydrogen-bond donors (Lipinski definition) is 2. The fraction of sp³-hybridized carbons (Fsp3) is 0.182. The summed E-state index contributed by atoms with van der Waals surface area (Å²) in [5, 5.41) is 1.34. The Morgan fingerprint density at radius 3 is 2.67 bits per heavy atom. The van der Waals surface area contributed by atoms with Crippen molar-refractivity contribution in [2.24, 2.45) is 5.73 Å². The van der Waals surface area contributed by atoms with E-state index < -0.39 is 17.6 Å². The highest BCUT2D eigenvalue weighted by atomic mass is 19.4. The van der Waals surface area contributed by atoms with E-state index in [1.165, 1.54) is 23.3 Å². The standard InChI is InChI=1S/C11H10F3N3O/c12-11(13,14)8-2-1-3-9(4-8)17-6-7(5-16-17)10(15)18/h1-4,6,16H,5H2,(H2,15,18). The number of carbonyl (C=O) groups is 1. The summed E-state index contributed by atoms with van der Waals surface area (Å²) in [6, 6.07) is 4.78. The van der Waals surface area contributed by atoms with Crippen LogP contribution in [-0.2, 0) is 11.0 Å². The molecule has 0 aliphatic carbocycles. The number of benzene rings is 1. The van der Waals surface area contributed by atoms with E-state index in [4.69, 9.17) is 5.73 Å². The normalized spacial score (nSPS) is 15.7. The molecule has 2 rings (SSSR count). The minimum atomic E-state index is -4.40. The average Bonchev–Trinajstić information content (AvgIpc) is 2.77. The van der Waals surface area contributed by atoms with Gasteiger partial charge >= 0.3 is 6.18 Å². The molecule has 0 spiro atoms. The van der Waals surface area contributed by atoms with Crippen molar-refractivity contribution in [1.82, 2.24) is 5.43 Å². The molecule has 0 bridgehead atoms. The van der Waals surface area contributed by atoms with Crippen molar-refractivity contribution in [2.45, 2.75) is 6.18 Å². The van der Waals surface area contributed by atoms with Gasteiger partial charge in [-0.25, -0.2) is 5.43 Å². The number of alkyl halides is 3. The average molecular weight is 257 g/mol. The zero-order chi connectivity index (χ0) is 13.3. The van der Waals surface area contributed by atoms with Gasteiger partial charge in [0.25, 0.3) is 0 Å². The van der Waals surface area contributed by atoms with Gasteiger partial charge in [-0.1, -0.05) is 6.07 Å². The number of rotatable bonds is 2. The van der Waals surface area contributed by atoms with Gasteiger partial charge in [-0.15, -0.1) is 0 Å². The summed E-state index contributed by atoms with van der Waals surface area (Å²) in [6.07, 6.45) is -3.01. The van der Waals surface area contributed by atoms with Crippen LogP contribution in [0.4, 0.5) is 18.9 Å². The second-order valence-electron chi connectivity index (χ2n) is 3.77. The molecule has 4 nitrogen and oxygen atoms in total. The highest BCUT2D eigenvalue weighted by Crippen LogP contribution is 2.31. The molecule has 1 aliphatic heterocycles. The quantitative estimate of drug-likeness (QED) is 0.842. The maximum Gasteiger partial charge on any atom is 0.416 e. The maximum atomic E-state index is 12.5. The predicted molar refractivity (Wildman–Crippen MR) is 59.2 cm³/mol. The van der Waals surface area contributed by atoms with Gasteiger partial charge < -0.3 is 5.73 Å². The molecular weight excluding hydrogens is 247 g/mol. The van der Waals surface area contributed by atoms with Gasteiger partial charge in [-0.3, -0.25) is 9.80 Å². The van der Waals surface area contributed by atoms with E-state index in [1.807, 2.05) is 0 Å². The van der Waals surface area contributed by atoms with Crippen molar-refractivity contribution >= 4 is 11.6 Å². The summed E-state index contributed by atoms with van der Waals surface area (Å²) in [5.74, 6) is -0.600. The van der Waals surface area contributed by atoms with Crippen molar-refractivity contribution < 1.29 is 18.0 Å². The van der Waals surface area contributed by atoms with Crippen LogP contribution in [0.25, 0.3) is 0 Å². The molecule has 1 amide bonds. The Kier molecular flexibility index (Phi) is 3.00. The third-order valence-corrected chi connectivity index (χ3v) is 2.49. The number of hydrazine groups is 1. The van der Waals surface area contributed by atoms with Crippen LogP contribution in [0.5, 0.6) is 0 Å². The number of hydrogen-bond acceptors (Lipinski definition) is 3. The predicted octanol–water partition coefficient (Wildman–Crippen LogP) is 1.40. The van der Waals surface area contributed by atoms with Gasteiger partial charge in [0.05, 0.1) is 16.8 Å². The van der Waals surface area contributed by atoms with Gasteiger partial charge in [0.1, 0.15) is 0 Å². The molecule has 1 aromatic rings. The molecule has 96 valence electrons. The summed E-state index contributed by atoms with van der Waals surface area (Å²) in [7, 11) is 0. The topological polar surface area (TPSA) is 58.4 Å². The van der Waals surface area contributed by atoms with Crippen LogP contribution in [0.2, 0.25) is 0 Å². The lowest BCUT2D eigenvalue weighted by Crippen LogP contribution is -2.29. The first-order valence-electron chi connectivity index (χ1n) is 5.08. The van der Waals surface area contributed by atoms with E-state index in [-0.39, 0.29) is 6.54 Å². The zero-order valence-electron chi connectivity index (χ0n) is 9.16. The lowest BCUT2D eigenvalue weighted by atomic mass is 10.2. The summed E-state index contributed by atoms with van der Waals surface area (Å²) in [4.78, 5) is 10.9. The number of nitrogens with zero attached hydrogens (tertiary/aromatic N) is 1. The van der Waals surface area contributed by atoms with Gasteiger partial charge in [-0.2, -0.15) is 13.2 Å². The van der Waals surface area contributed by atoms with E-state index in [9.17, 15) is 18.0 Å². The molecule has 3 N–H and O–H groups in total. The van der Waals surface area contributed by atoms with Crippen LogP contribution in [0, 0.1) is 0 Å². The van der Waals surface area contributed by atoms with Crippen molar-refractivity contribution in [2.75, 3.05) is 11.6 Å².